The number of piperazine rings is 1. The maximum absolute atomic E-state index is 14.0. The monoisotopic (exact) mass is 369 g/mol. The van der Waals surface area contributed by atoms with E-state index >= 15 is 0 Å². The van der Waals surface area contributed by atoms with Crippen LogP contribution in [0.25, 0.3) is 0 Å². The molecule has 0 spiro atoms. The van der Waals surface area contributed by atoms with Crippen molar-refractivity contribution in [3.05, 3.63) is 35.4 Å². The van der Waals surface area contributed by atoms with E-state index in [1.807, 2.05) is 11.8 Å². The normalized spacial score (nSPS) is 21.9. The fraction of sp³-hybridized carbons (Fsp3) is 0.529. The number of halogens is 2. The third-order valence-electron chi connectivity index (χ3n) is 4.58. The lowest BCUT2D eigenvalue weighted by Crippen LogP contribution is -2.56. The highest BCUT2D eigenvalue weighted by molar-refractivity contribution is 7.99. The molecule has 136 valence electrons. The number of carbonyl (C=O) groups is 2. The first-order valence-corrected chi connectivity index (χ1v) is 9.52. The second-order valence-electron chi connectivity index (χ2n) is 6.19. The molecule has 5 nitrogen and oxygen atoms in total. The predicted molar refractivity (Wildman–Crippen MR) is 92.1 cm³/mol. The maximum Gasteiger partial charge on any atom is 0.237 e. The van der Waals surface area contributed by atoms with Crippen molar-refractivity contribution in [1.82, 2.24) is 15.1 Å². The van der Waals surface area contributed by atoms with Crippen LogP contribution in [0.2, 0.25) is 0 Å². The zero-order valence-electron chi connectivity index (χ0n) is 13.8. The van der Waals surface area contributed by atoms with E-state index in [4.69, 9.17) is 0 Å². The standard InChI is InChI=1S/C17H21F2N3O2S/c18-13-3-1-2-12(16(13)19)11-22-5-4-20-17(24)14(22)10-15(23)21-6-8-25-9-7-21/h1-3,14H,4-11H2,(H,20,24)/t14-/m0/s1. The second kappa shape index (κ2) is 8.14. The average Bonchev–Trinajstić information content (AvgIpc) is 2.62. The summed E-state index contributed by atoms with van der Waals surface area (Å²) in [6.45, 7) is 2.41. The number of nitrogens with one attached hydrogen (secondary N) is 1. The fourth-order valence-corrected chi connectivity index (χ4v) is 4.07. The van der Waals surface area contributed by atoms with Crippen molar-refractivity contribution in [3.8, 4) is 0 Å². The highest BCUT2D eigenvalue weighted by Crippen LogP contribution is 2.19. The third kappa shape index (κ3) is 4.30. The quantitative estimate of drug-likeness (QED) is 0.868. The van der Waals surface area contributed by atoms with Gasteiger partial charge < -0.3 is 10.2 Å². The van der Waals surface area contributed by atoms with E-state index in [1.165, 1.54) is 12.1 Å². The molecule has 0 aliphatic carbocycles. The summed E-state index contributed by atoms with van der Waals surface area (Å²) in [6.07, 6.45) is 0.0629. The van der Waals surface area contributed by atoms with Crippen LogP contribution in [0.15, 0.2) is 18.2 Å². The molecule has 0 radical (unpaired) electrons. The molecule has 0 bridgehead atoms. The minimum Gasteiger partial charge on any atom is -0.353 e. The van der Waals surface area contributed by atoms with Crippen LogP contribution in [0.4, 0.5) is 8.78 Å². The molecule has 8 heteroatoms. The van der Waals surface area contributed by atoms with Crippen LogP contribution in [0.3, 0.4) is 0 Å². The molecule has 0 aromatic heterocycles. The molecule has 1 aromatic carbocycles. The lowest BCUT2D eigenvalue weighted by Gasteiger charge is -2.36. The summed E-state index contributed by atoms with van der Waals surface area (Å²) < 4.78 is 27.4. The first kappa shape index (κ1) is 18.1. The fourth-order valence-electron chi connectivity index (χ4n) is 3.17. The Labute approximate surface area is 149 Å². The van der Waals surface area contributed by atoms with E-state index in [-0.39, 0.29) is 30.3 Å². The Hall–Kier alpha value is -1.67. The van der Waals surface area contributed by atoms with Gasteiger partial charge in [-0.25, -0.2) is 8.78 Å². The maximum atomic E-state index is 14.0. The van der Waals surface area contributed by atoms with Crippen molar-refractivity contribution in [2.75, 3.05) is 37.7 Å². The summed E-state index contributed by atoms with van der Waals surface area (Å²) in [5.41, 5.74) is 0.196. The van der Waals surface area contributed by atoms with Crippen LogP contribution < -0.4 is 5.32 Å². The molecule has 2 amide bonds. The van der Waals surface area contributed by atoms with Crippen LogP contribution in [0.1, 0.15) is 12.0 Å². The molecule has 2 heterocycles. The van der Waals surface area contributed by atoms with E-state index in [0.29, 0.717) is 26.2 Å². The zero-order chi connectivity index (χ0) is 17.8. The molecule has 2 saturated heterocycles. The molecule has 0 unspecified atom stereocenters. The SMILES string of the molecule is O=C1NCCN(Cc2cccc(F)c2F)[C@H]1CC(=O)N1CCSCC1. The molecule has 0 saturated carbocycles. The number of rotatable bonds is 4. The van der Waals surface area contributed by atoms with Gasteiger partial charge in [-0.05, 0) is 6.07 Å². The van der Waals surface area contributed by atoms with Gasteiger partial charge in [-0.2, -0.15) is 11.8 Å². The van der Waals surface area contributed by atoms with E-state index in [2.05, 4.69) is 5.32 Å². The van der Waals surface area contributed by atoms with Gasteiger partial charge >= 0.3 is 0 Å². The van der Waals surface area contributed by atoms with Gasteiger partial charge in [0, 0.05) is 49.8 Å². The number of thioether (sulfide) groups is 1. The van der Waals surface area contributed by atoms with Crippen molar-refractivity contribution in [1.29, 1.82) is 0 Å². The summed E-state index contributed by atoms with van der Waals surface area (Å²) in [5, 5.41) is 2.76. The Kier molecular flexibility index (Phi) is 5.90. The van der Waals surface area contributed by atoms with Gasteiger partial charge in [-0.15, -0.1) is 0 Å². The number of hydrogen-bond acceptors (Lipinski definition) is 4. The van der Waals surface area contributed by atoms with Crippen LogP contribution in [0, 0.1) is 11.6 Å². The number of benzene rings is 1. The Morgan fingerprint density at radius 2 is 2.00 bits per heavy atom. The number of hydrogen-bond donors (Lipinski definition) is 1. The summed E-state index contributed by atoms with van der Waals surface area (Å²) in [6, 6.07) is 3.37. The molecule has 3 rings (SSSR count). The van der Waals surface area contributed by atoms with Gasteiger partial charge in [0.05, 0.1) is 12.5 Å². The number of amides is 2. The van der Waals surface area contributed by atoms with Crippen molar-refractivity contribution in [2.24, 2.45) is 0 Å². The molecule has 2 aliphatic heterocycles. The molecule has 25 heavy (non-hydrogen) atoms. The minimum atomic E-state index is -0.905. The average molecular weight is 369 g/mol. The van der Waals surface area contributed by atoms with E-state index in [0.717, 1.165) is 17.6 Å². The molecule has 1 aromatic rings. The van der Waals surface area contributed by atoms with Crippen LogP contribution in [-0.2, 0) is 16.1 Å². The third-order valence-corrected chi connectivity index (χ3v) is 5.52. The smallest absolute Gasteiger partial charge is 0.237 e. The molecular formula is C17H21F2N3O2S. The van der Waals surface area contributed by atoms with Gasteiger partial charge in [0.1, 0.15) is 0 Å². The largest absolute Gasteiger partial charge is 0.353 e. The van der Waals surface area contributed by atoms with Crippen molar-refractivity contribution >= 4 is 23.6 Å². The summed E-state index contributed by atoms with van der Waals surface area (Å²) >= 11 is 1.81. The van der Waals surface area contributed by atoms with Crippen LogP contribution >= 0.6 is 11.8 Å². The topological polar surface area (TPSA) is 52.7 Å². The first-order valence-electron chi connectivity index (χ1n) is 8.36. The van der Waals surface area contributed by atoms with E-state index < -0.39 is 17.7 Å². The second-order valence-corrected chi connectivity index (χ2v) is 7.41. The van der Waals surface area contributed by atoms with Gasteiger partial charge in [-0.1, -0.05) is 12.1 Å². The predicted octanol–water partition coefficient (Wildman–Crippen LogP) is 1.23. The number of carbonyl (C=O) groups excluding carboxylic acids is 2. The first-order chi connectivity index (χ1) is 12.1. The summed E-state index contributed by atoms with van der Waals surface area (Å²) in [4.78, 5) is 28.3. The van der Waals surface area contributed by atoms with Crippen molar-refractivity contribution in [2.45, 2.75) is 19.0 Å². The summed E-state index contributed by atoms with van der Waals surface area (Å²) in [7, 11) is 0. The van der Waals surface area contributed by atoms with Crippen LogP contribution in [0.5, 0.6) is 0 Å². The Balaban J connectivity index is 1.71. The van der Waals surface area contributed by atoms with Gasteiger partial charge in [0.2, 0.25) is 11.8 Å². The lowest BCUT2D eigenvalue weighted by molar-refractivity contribution is -0.138. The molecule has 1 N–H and O–H groups in total. The molecule has 2 fully saturated rings. The van der Waals surface area contributed by atoms with Crippen molar-refractivity contribution in [3.63, 3.8) is 0 Å². The highest BCUT2D eigenvalue weighted by atomic mass is 32.2. The molecule has 2 aliphatic rings. The highest BCUT2D eigenvalue weighted by Gasteiger charge is 2.33. The minimum absolute atomic E-state index is 0.0629. The van der Waals surface area contributed by atoms with Gasteiger partial charge in [0.25, 0.3) is 0 Å². The van der Waals surface area contributed by atoms with Crippen molar-refractivity contribution < 1.29 is 18.4 Å². The van der Waals surface area contributed by atoms with Gasteiger partial charge in [-0.3, -0.25) is 14.5 Å². The Morgan fingerprint density at radius 1 is 1.24 bits per heavy atom. The van der Waals surface area contributed by atoms with E-state index in [9.17, 15) is 18.4 Å². The van der Waals surface area contributed by atoms with Crippen LogP contribution in [-0.4, -0.2) is 65.3 Å². The van der Waals surface area contributed by atoms with E-state index in [1.54, 1.807) is 9.80 Å². The molecule has 1 atom stereocenters. The molecular weight excluding hydrogens is 348 g/mol. The number of nitrogens with zero attached hydrogens (tertiary/aromatic N) is 2. The zero-order valence-corrected chi connectivity index (χ0v) is 14.7. The lowest BCUT2D eigenvalue weighted by atomic mass is 10.1. The Morgan fingerprint density at radius 3 is 2.76 bits per heavy atom. The summed E-state index contributed by atoms with van der Waals surface area (Å²) in [5.74, 6) is -0.291. The van der Waals surface area contributed by atoms with Gasteiger partial charge in [0.15, 0.2) is 11.6 Å². The Bertz CT molecular complexity index is 653.